The smallest absolute Gasteiger partial charge is 0.169 e. The van der Waals surface area contributed by atoms with Gasteiger partial charge in [0.15, 0.2) is 5.82 Å². The number of aromatic nitrogens is 3. The summed E-state index contributed by atoms with van der Waals surface area (Å²) in [6.45, 7) is 0.594. The van der Waals surface area contributed by atoms with Gasteiger partial charge in [-0.25, -0.2) is 4.68 Å². The molecule has 2 aromatic rings. The summed E-state index contributed by atoms with van der Waals surface area (Å²) < 4.78 is 7.00. The molecule has 2 N–H and O–H groups in total. The maximum atomic E-state index is 5.90. The Kier molecular flexibility index (Phi) is 2.76. The molecule has 18 heavy (non-hydrogen) atoms. The van der Waals surface area contributed by atoms with Crippen molar-refractivity contribution in [2.45, 2.75) is 25.4 Å². The molecule has 94 valence electrons. The van der Waals surface area contributed by atoms with Crippen LogP contribution >= 0.6 is 0 Å². The maximum absolute atomic E-state index is 5.90. The predicted octanol–water partition coefficient (Wildman–Crippen LogP) is 1.87. The molecule has 5 nitrogen and oxygen atoms in total. The number of ether oxygens (including phenoxy) is 1. The van der Waals surface area contributed by atoms with Gasteiger partial charge in [-0.1, -0.05) is 17.3 Å². The average molecular weight is 244 g/mol. The van der Waals surface area contributed by atoms with Gasteiger partial charge in [-0.05, 0) is 30.5 Å². The highest BCUT2D eigenvalue weighted by Gasteiger charge is 2.31. The Labute approximate surface area is 106 Å². The van der Waals surface area contributed by atoms with Crippen LogP contribution < -0.4 is 5.73 Å². The van der Waals surface area contributed by atoms with E-state index in [1.54, 1.807) is 7.11 Å². The summed E-state index contributed by atoms with van der Waals surface area (Å²) in [4.78, 5) is 0. The number of nitrogens with two attached hydrogens (primary N) is 1. The van der Waals surface area contributed by atoms with Gasteiger partial charge in [0.1, 0.15) is 0 Å². The van der Waals surface area contributed by atoms with E-state index in [4.69, 9.17) is 10.5 Å². The Morgan fingerprint density at radius 1 is 1.44 bits per heavy atom. The van der Waals surface area contributed by atoms with Crippen LogP contribution in [0.4, 0.5) is 5.82 Å². The van der Waals surface area contributed by atoms with Crippen LogP contribution in [0.5, 0.6) is 0 Å². The van der Waals surface area contributed by atoms with Gasteiger partial charge >= 0.3 is 0 Å². The Balaban J connectivity index is 2.01. The highest BCUT2D eigenvalue weighted by atomic mass is 16.5. The van der Waals surface area contributed by atoms with E-state index in [2.05, 4.69) is 16.4 Å². The Bertz CT molecular complexity index is 560. The first-order chi connectivity index (χ1) is 8.79. The van der Waals surface area contributed by atoms with Crippen LogP contribution in [0.15, 0.2) is 24.3 Å². The van der Waals surface area contributed by atoms with Crippen molar-refractivity contribution >= 4 is 5.82 Å². The van der Waals surface area contributed by atoms with Crippen LogP contribution in [0, 0.1) is 0 Å². The molecule has 1 heterocycles. The van der Waals surface area contributed by atoms with Gasteiger partial charge in [0.05, 0.1) is 18.0 Å². The lowest BCUT2D eigenvalue weighted by Gasteiger charge is -2.07. The zero-order chi connectivity index (χ0) is 12.5. The predicted molar refractivity (Wildman–Crippen MR) is 68.5 cm³/mol. The standard InChI is InChI=1S/C13H16N4O/c1-18-8-9-3-2-4-11(7-9)17-12(10-5-6-10)13(14)15-16-17/h2-4,7,10H,5-6,8,14H2,1H3. The van der Waals surface area contributed by atoms with Crippen molar-refractivity contribution in [3.05, 3.63) is 35.5 Å². The zero-order valence-corrected chi connectivity index (χ0v) is 10.3. The summed E-state index contributed by atoms with van der Waals surface area (Å²) in [7, 11) is 1.69. The van der Waals surface area contributed by atoms with Crippen LogP contribution in [-0.4, -0.2) is 22.1 Å². The van der Waals surface area contributed by atoms with E-state index in [9.17, 15) is 0 Å². The fourth-order valence-corrected chi connectivity index (χ4v) is 2.18. The van der Waals surface area contributed by atoms with Crippen molar-refractivity contribution in [1.82, 2.24) is 15.0 Å². The molecule has 1 fully saturated rings. The number of benzene rings is 1. The van der Waals surface area contributed by atoms with E-state index in [1.807, 2.05) is 22.9 Å². The summed E-state index contributed by atoms with van der Waals surface area (Å²) in [5.74, 6) is 1.07. The molecule has 1 aliphatic rings. The third-order valence-electron chi connectivity index (χ3n) is 3.16. The number of nitrogen functional groups attached to an aromatic ring is 1. The lowest BCUT2D eigenvalue weighted by molar-refractivity contribution is 0.185. The fraction of sp³-hybridized carbons (Fsp3) is 0.385. The minimum atomic E-state index is 0.520. The summed E-state index contributed by atoms with van der Waals surface area (Å²) >= 11 is 0. The van der Waals surface area contributed by atoms with E-state index in [0.29, 0.717) is 18.3 Å². The van der Waals surface area contributed by atoms with E-state index in [-0.39, 0.29) is 0 Å². The van der Waals surface area contributed by atoms with Crippen LogP contribution in [0.1, 0.15) is 30.0 Å². The van der Waals surface area contributed by atoms with Gasteiger partial charge in [-0.15, -0.1) is 5.10 Å². The molecule has 1 aromatic heterocycles. The lowest BCUT2D eigenvalue weighted by Crippen LogP contribution is -2.03. The van der Waals surface area contributed by atoms with Crippen molar-refractivity contribution in [1.29, 1.82) is 0 Å². The molecule has 0 spiro atoms. The van der Waals surface area contributed by atoms with Crippen molar-refractivity contribution in [3.63, 3.8) is 0 Å². The summed E-state index contributed by atoms with van der Waals surface area (Å²) in [5.41, 5.74) is 9.06. The van der Waals surface area contributed by atoms with Crippen molar-refractivity contribution in [2.75, 3.05) is 12.8 Å². The van der Waals surface area contributed by atoms with E-state index < -0.39 is 0 Å². The maximum Gasteiger partial charge on any atom is 0.169 e. The third-order valence-corrected chi connectivity index (χ3v) is 3.16. The van der Waals surface area contributed by atoms with Crippen LogP contribution in [0.2, 0.25) is 0 Å². The monoisotopic (exact) mass is 244 g/mol. The van der Waals surface area contributed by atoms with Gasteiger partial charge in [0.25, 0.3) is 0 Å². The molecule has 0 bridgehead atoms. The molecule has 3 rings (SSSR count). The highest BCUT2D eigenvalue weighted by Crippen LogP contribution is 2.42. The molecule has 0 atom stereocenters. The Morgan fingerprint density at radius 3 is 3.00 bits per heavy atom. The molecule has 1 aliphatic carbocycles. The van der Waals surface area contributed by atoms with Gasteiger partial charge in [-0.3, -0.25) is 0 Å². The van der Waals surface area contributed by atoms with Gasteiger partial charge in [0, 0.05) is 13.0 Å². The van der Waals surface area contributed by atoms with Crippen molar-refractivity contribution in [3.8, 4) is 5.69 Å². The number of anilines is 1. The second-order valence-corrected chi connectivity index (χ2v) is 4.65. The molecular weight excluding hydrogens is 228 g/mol. The quantitative estimate of drug-likeness (QED) is 0.891. The van der Waals surface area contributed by atoms with Crippen molar-refractivity contribution < 1.29 is 4.74 Å². The molecule has 0 amide bonds. The fourth-order valence-electron chi connectivity index (χ4n) is 2.18. The first-order valence-corrected chi connectivity index (χ1v) is 6.09. The number of rotatable bonds is 4. The second-order valence-electron chi connectivity index (χ2n) is 4.65. The molecule has 1 aromatic carbocycles. The van der Waals surface area contributed by atoms with E-state index in [0.717, 1.165) is 16.9 Å². The third kappa shape index (κ3) is 1.97. The van der Waals surface area contributed by atoms with Crippen molar-refractivity contribution in [2.24, 2.45) is 0 Å². The molecule has 0 unspecified atom stereocenters. The van der Waals surface area contributed by atoms with E-state index >= 15 is 0 Å². The zero-order valence-electron chi connectivity index (χ0n) is 10.3. The number of methoxy groups -OCH3 is 1. The van der Waals surface area contributed by atoms with Gasteiger partial charge < -0.3 is 10.5 Å². The van der Waals surface area contributed by atoms with Gasteiger partial charge in [0.2, 0.25) is 0 Å². The van der Waals surface area contributed by atoms with Crippen LogP contribution in [0.25, 0.3) is 5.69 Å². The molecule has 0 radical (unpaired) electrons. The normalized spacial score (nSPS) is 14.9. The Hall–Kier alpha value is -1.88. The second kappa shape index (κ2) is 4.42. The largest absolute Gasteiger partial charge is 0.381 e. The van der Waals surface area contributed by atoms with Gasteiger partial charge in [-0.2, -0.15) is 0 Å². The molecular formula is C13H16N4O. The first-order valence-electron chi connectivity index (χ1n) is 6.09. The number of hydrogen-bond donors (Lipinski definition) is 1. The summed E-state index contributed by atoms with van der Waals surface area (Å²) in [6.07, 6.45) is 2.35. The summed E-state index contributed by atoms with van der Waals surface area (Å²) in [6, 6.07) is 8.10. The summed E-state index contributed by atoms with van der Waals surface area (Å²) in [5, 5.41) is 8.14. The first kappa shape index (κ1) is 11.2. The Morgan fingerprint density at radius 2 is 2.28 bits per heavy atom. The van der Waals surface area contributed by atoms with Crippen LogP contribution in [-0.2, 0) is 11.3 Å². The van der Waals surface area contributed by atoms with E-state index in [1.165, 1.54) is 12.8 Å². The number of hydrogen-bond acceptors (Lipinski definition) is 4. The molecule has 1 saturated carbocycles. The minimum absolute atomic E-state index is 0.520. The molecule has 0 saturated heterocycles. The lowest BCUT2D eigenvalue weighted by atomic mass is 10.2. The average Bonchev–Trinajstić information content (AvgIpc) is 3.13. The topological polar surface area (TPSA) is 66.0 Å². The minimum Gasteiger partial charge on any atom is -0.381 e. The molecule has 5 heteroatoms. The highest BCUT2D eigenvalue weighted by molar-refractivity contribution is 5.45. The SMILES string of the molecule is COCc1cccc(-n2nnc(N)c2C2CC2)c1. The molecule has 0 aliphatic heterocycles. The van der Waals surface area contributed by atoms with Crippen LogP contribution in [0.3, 0.4) is 0 Å². The number of nitrogens with zero attached hydrogens (tertiary/aromatic N) is 3.